The molecule has 25 heavy (non-hydrogen) atoms. The third-order valence-electron chi connectivity index (χ3n) is 3.64. The van der Waals surface area contributed by atoms with E-state index in [1.165, 1.54) is 10.9 Å². The highest BCUT2D eigenvalue weighted by molar-refractivity contribution is 9.10. The van der Waals surface area contributed by atoms with Crippen LogP contribution in [0.5, 0.6) is 0 Å². The van der Waals surface area contributed by atoms with Crippen LogP contribution in [0.3, 0.4) is 0 Å². The Morgan fingerprint density at radius 1 is 1.28 bits per heavy atom. The van der Waals surface area contributed by atoms with Gasteiger partial charge in [-0.2, -0.15) is 10.4 Å². The number of carbonyl (C=O) groups excluding carboxylic acids is 2. The summed E-state index contributed by atoms with van der Waals surface area (Å²) in [6.45, 7) is 3.67. The largest absolute Gasteiger partial charge is 0.340 e. The van der Waals surface area contributed by atoms with Gasteiger partial charge in [0.2, 0.25) is 5.91 Å². The molecule has 7 nitrogen and oxygen atoms in total. The lowest BCUT2D eigenvalue weighted by Crippen LogP contribution is -2.47. The van der Waals surface area contributed by atoms with E-state index in [1.54, 1.807) is 31.3 Å². The molecule has 1 aromatic carbocycles. The summed E-state index contributed by atoms with van der Waals surface area (Å²) in [4.78, 5) is 25.0. The Balaban J connectivity index is 2.16. The van der Waals surface area contributed by atoms with E-state index in [1.807, 2.05) is 19.9 Å². The summed E-state index contributed by atoms with van der Waals surface area (Å²) >= 11 is 3.32. The molecule has 0 spiro atoms. The summed E-state index contributed by atoms with van der Waals surface area (Å²) in [5, 5.41) is 18.4. The number of anilines is 1. The van der Waals surface area contributed by atoms with Crippen LogP contribution in [0.25, 0.3) is 0 Å². The molecule has 1 atom stereocenters. The van der Waals surface area contributed by atoms with Crippen molar-refractivity contribution < 1.29 is 9.59 Å². The average molecular weight is 404 g/mol. The van der Waals surface area contributed by atoms with E-state index in [9.17, 15) is 9.59 Å². The van der Waals surface area contributed by atoms with Gasteiger partial charge in [-0.25, -0.2) is 0 Å². The van der Waals surface area contributed by atoms with Crippen LogP contribution in [0, 0.1) is 17.2 Å². The van der Waals surface area contributed by atoms with Crippen molar-refractivity contribution >= 4 is 33.6 Å². The second-order valence-electron chi connectivity index (χ2n) is 5.83. The molecular formula is C17H18BrN5O2. The quantitative estimate of drug-likeness (QED) is 0.800. The van der Waals surface area contributed by atoms with Crippen molar-refractivity contribution in [3.05, 3.63) is 46.1 Å². The van der Waals surface area contributed by atoms with E-state index in [0.717, 1.165) is 4.47 Å². The molecule has 8 heteroatoms. The van der Waals surface area contributed by atoms with Gasteiger partial charge < -0.3 is 10.6 Å². The van der Waals surface area contributed by atoms with Gasteiger partial charge in [0, 0.05) is 17.1 Å². The molecular weight excluding hydrogens is 386 g/mol. The van der Waals surface area contributed by atoms with Crippen molar-refractivity contribution in [2.75, 3.05) is 5.32 Å². The minimum Gasteiger partial charge on any atom is -0.340 e. The number of carbonyl (C=O) groups is 2. The van der Waals surface area contributed by atoms with Crippen LogP contribution < -0.4 is 10.6 Å². The van der Waals surface area contributed by atoms with Gasteiger partial charge in [-0.15, -0.1) is 0 Å². The van der Waals surface area contributed by atoms with Crippen molar-refractivity contribution in [3.8, 4) is 6.07 Å². The fourth-order valence-electron chi connectivity index (χ4n) is 2.22. The summed E-state index contributed by atoms with van der Waals surface area (Å²) in [5.41, 5.74) is 0.720. The molecule has 1 heterocycles. The van der Waals surface area contributed by atoms with Gasteiger partial charge in [0.05, 0.1) is 6.20 Å². The molecule has 2 aromatic rings. The van der Waals surface area contributed by atoms with Gasteiger partial charge in [0.25, 0.3) is 5.91 Å². The fourth-order valence-corrected chi connectivity index (χ4v) is 2.49. The van der Waals surface area contributed by atoms with Crippen molar-refractivity contribution in [1.82, 2.24) is 15.1 Å². The minimum absolute atomic E-state index is 0.141. The van der Waals surface area contributed by atoms with Crippen LogP contribution in [0.1, 0.15) is 29.8 Å². The molecule has 0 saturated carbocycles. The predicted octanol–water partition coefficient (Wildman–Crippen LogP) is 2.45. The minimum atomic E-state index is -0.752. The molecule has 0 aliphatic rings. The number of aromatic nitrogens is 2. The van der Waals surface area contributed by atoms with Gasteiger partial charge in [0.1, 0.15) is 23.5 Å². The second-order valence-corrected chi connectivity index (χ2v) is 6.75. The van der Waals surface area contributed by atoms with Crippen LogP contribution in [-0.2, 0) is 11.8 Å². The molecule has 0 unspecified atom stereocenters. The van der Waals surface area contributed by atoms with Gasteiger partial charge in [0.15, 0.2) is 0 Å². The predicted molar refractivity (Wildman–Crippen MR) is 96.8 cm³/mol. The second kappa shape index (κ2) is 7.94. The number of hydrogen-bond donors (Lipinski definition) is 2. The molecule has 0 aliphatic carbocycles. The first-order valence-corrected chi connectivity index (χ1v) is 8.42. The van der Waals surface area contributed by atoms with Gasteiger partial charge in [-0.1, -0.05) is 29.8 Å². The smallest absolute Gasteiger partial charge is 0.251 e. The number of nitrogens with zero attached hydrogens (tertiary/aromatic N) is 3. The molecule has 0 radical (unpaired) electrons. The number of nitriles is 1. The summed E-state index contributed by atoms with van der Waals surface area (Å²) in [6, 6.07) is 8.08. The molecule has 2 rings (SSSR count). The lowest BCUT2D eigenvalue weighted by molar-refractivity contribution is -0.118. The maximum absolute atomic E-state index is 12.6. The molecule has 1 aromatic heterocycles. The van der Waals surface area contributed by atoms with Gasteiger partial charge in [-0.05, 0) is 30.2 Å². The van der Waals surface area contributed by atoms with E-state index < -0.39 is 11.9 Å². The third-order valence-corrected chi connectivity index (χ3v) is 4.17. The van der Waals surface area contributed by atoms with Crippen LogP contribution in [0.15, 0.2) is 34.9 Å². The van der Waals surface area contributed by atoms with E-state index >= 15 is 0 Å². The first kappa shape index (κ1) is 18.7. The lowest BCUT2D eigenvalue weighted by Gasteiger charge is -2.22. The van der Waals surface area contributed by atoms with Gasteiger partial charge >= 0.3 is 0 Å². The van der Waals surface area contributed by atoms with Crippen molar-refractivity contribution in [1.29, 1.82) is 5.26 Å². The SMILES string of the molecule is CC(C)[C@@H](NC(=O)c1ccc(Br)cc1)C(=O)Nc1c(C#N)cnn1C. The lowest BCUT2D eigenvalue weighted by atomic mass is 10.0. The Hall–Kier alpha value is -2.66. The van der Waals surface area contributed by atoms with Crippen LogP contribution >= 0.6 is 15.9 Å². The zero-order chi connectivity index (χ0) is 18.6. The molecule has 0 fully saturated rings. The Morgan fingerprint density at radius 2 is 1.92 bits per heavy atom. The highest BCUT2D eigenvalue weighted by Gasteiger charge is 2.26. The molecule has 0 saturated heterocycles. The first-order valence-electron chi connectivity index (χ1n) is 7.63. The standard InChI is InChI=1S/C17H18BrN5O2/c1-10(2)14(21-16(24)11-4-6-13(18)7-5-11)17(25)22-15-12(8-19)9-20-23(15)3/h4-7,9-10,14H,1-3H3,(H,21,24)(H,22,25)/t14-/m1/s1. The third kappa shape index (κ3) is 4.45. The van der Waals surface area contributed by atoms with Crippen LogP contribution in [-0.4, -0.2) is 27.6 Å². The molecule has 130 valence electrons. The van der Waals surface area contributed by atoms with Gasteiger partial charge in [-0.3, -0.25) is 14.3 Å². The van der Waals surface area contributed by atoms with Crippen LogP contribution in [0.2, 0.25) is 0 Å². The summed E-state index contributed by atoms with van der Waals surface area (Å²) in [5.74, 6) is -0.582. The summed E-state index contributed by atoms with van der Waals surface area (Å²) in [7, 11) is 1.63. The summed E-state index contributed by atoms with van der Waals surface area (Å²) < 4.78 is 2.27. The van der Waals surface area contributed by atoms with Crippen LogP contribution in [0.4, 0.5) is 5.82 Å². The zero-order valence-electron chi connectivity index (χ0n) is 14.1. The van der Waals surface area contributed by atoms with Crippen molar-refractivity contribution in [2.45, 2.75) is 19.9 Å². The molecule has 2 amide bonds. The van der Waals surface area contributed by atoms with Crippen molar-refractivity contribution in [3.63, 3.8) is 0 Å². The molecule has 2 N–H and O–H groups in total. The first-order chi connectivity index (χ1) is 11.8. The van der Waals surface area contributed by atoms with E-state index in [0.29, 0.717) is 11.4 Å². The highest BCUT2D eigenvalue weighted by atomic mass is 79.9. The number of aryl methyl sites for hydroxylation is 1. The Labute approximate surface area is 154 Å². The van der Waals surface area contributed by atoms with E-state index in [4.69, 9.17) is 5.26 Å². The number of benzene rings is 1. The number of rotatable bonds is 5. The topological polar surface area (TPSA) is 99.8 Å². The average Bonchev–Trinajstić information content (AvgIpc) is 2.92. The van der Waals surface area contributed by atoms with E-state index in [2.05, 4.69) is 31.7 Å². The number of halogens is 1. The maximum Gasteiger partial charge on any atom is 0.251 e. The molecule has 0 aliphatic heterocycles. The normalized spacial score (nSPS) is 11.7. The van der Waals surface area contributed by atoms with E-state index in [-0.39, 0.29) is 17.4 Å². The Kier molecular flexibility index (Phi) is 5.93. The van der Waals surface area contributed by atoms with Crippen molar-refractivity contribution in [2.24, 2.45) is 13.0 Å². The summed E-state index contributed by atoms with van der Waals surface area (Å²) in [6.07, 6.45) is 1.38. The Morgan fingerprint density at radius 3 is 2.48 bits per heavy atom. The molecule has 0 bridgehead atoms. The maximum atomic E-state index is 12.6. The highest BCUT2D eigenvalue weighted by Crippen LogP contribution is 2.15. The zero-order valence-corrected chi connectivity index (χ0v) is 15.7. The number of amides is 2. The Bertz CT molecular complexity index is 821. The number of hydrogen-bond acceptors (Lipinski definition) is 4. The number of nitrogens with one attached hydrogen (secondary N) is 2. The monoisotopic (exact) mass is 403 g/mol. The fraction of sp³-hybridized carbons (Fsp3) is 0.294.